The van der Waals surface area contributed by atoms with Crippen LogP contribution in [0.25, 0.3) is 22.0 Å². The third-order valence-corrected chi connectivity index (χ3v) is 3.26. The molecule has 0 saturated carbocycles. The first-order valence-corrected chi connectivity index (χ1v) is 6.62. The molecule has 0 radical (unpaired) electrons. The summed E-state index contributed by atoms with van der Waals surface area (Å²) in [6.07, 6.45) is 1.92. The molecule has 0 fully saturated rings. The minimum Gasteiger partial charge on any atom is -0.462 e. The van der Waals surface area contributed by atoms with E-state index in [1.807, 2.05) is 30.5 Å². The van der Waals surface area contributed by atoms with Crippen molar-refractivity contribution in [1.29, 1.82) is 0 Å². The zero-order valence-electron chi connectivity index (χ0n) is 11.2. The molecule has 20 heavy (non-hydrogen) atoms. The third-order valence-electron chi connectivity index (χ3n) is 3.26. The fourth-order valence-corrected chi connectivity index (χ4v) is 2.27. The Bertz CT molecular complexity index is 758. The number of aromatic nitrogens is 1. The predicted molar refractivity (Wildman–Crippen MR) is 79.7 cm³/mol. The average Bonchev–Trinajstić information content (AvgIpc) is 2.95. The van der Waals surface area contributed by atoms with E-state index in [0.29, 0.717) is 12.2 Å². The molecule has 0 aliphatic rings. The Hall–Kier alpha value is -2.55. The Morgan fingerprint density at radius 2 is 1.95 bits per heavy atom. The molecule has 3 nitrogen and oxygen atoms in total. The van der Waals surface area contributed by atoms with Crippen molar-refractivity contribution in [2.24, 2.45) is 0 Å². The number of hydrogen-bond donors (Lipinski definition) is 1. The van der Waals surface area contributed by atoms with Gasteiger partial charge in [-0.05, 0) is 47.7 Å². The third kappa shape index (κ3) is 2.30. The first-order valence-electron chi connectivity index (χ1n) is 6.62. The molecule has 0 atom stereocenters. The summed E-state index contributed by atoms with van der Waals surface area (Å²) in [6.45, 7) is 2.19. The highest BCUT2D eigenvalue weighted by Gasteiger charge is 2.08. The fourth-order valence-electron chi connectivity index (χ4n) is 2.27. The first-order chi connectivity index (χ1) is 9.78. The van der Waals surface area contributed by atoms with Gasteiger partial charge in [-0.3, -0.25) is 0 Å². The summed E-state index contributed by atoms with van der Waals surface area (Å²) in [6, 6.07) is 15.7. The number of carbonyl (C=O) groups is 1. The van der Waals surface area contributed by atoms with Crippen molar-refractivity contribution in [3.8, 4) is 11.1 Å². The maximum atomic E-state index is 11.8. The van der Waals surface area contributed by atoms with E-state index in [1.165, 1.54) is 5.39 Å². The van der Waals surface area contributed by atoms with Gasteiger partial charge in [-0.15, -0.1) is 0 Å². The van der Waals surface area contributed by atoms with E-state index in [0.717, 1.165) is 16.6 Å². The van der Waals surface area contributed by atoms with Crippen molar-refractivity contribution < 1.29 is 9.53 Å². The molecule has 0 aliphatic carbocycles. The molecule has 0 bridgehead atoms. The van der Waals surface area contributed by atoms with E-state index in [2.05, 4.69) is 23.2 Å². The van der Waals surface area contributed by atoms with Crippen molar-refractivity contribution in [2.75, 3.05) is 6.61 Å². The van der Waals surface area contributed by atoms with Crippen molar-refractivity contribution in [3.63, 3.8) is 0 Å². The summed E-state index contributed by atoms with van der Waals surface area (Å²) >= 11 is 0. The van der Waals surface area contributed by atoms with Crippen LogP contribution in [0.3, 0.4) is 0 Å². The van der Waals surface area contributed by atoms with Crippen LogP contribution in [-0.2, 0) is 4.74 Å². The quantitative estimate of drug-likeness (QED) is 0.727. The van der Waals surface area contributed by atoms with Gasteiger partial charge in [0.2, 0.25) is 0 Å². The van der Waals surface area contributed by atoms with Gasteiger partial charge in [0.25, 0.3) is 0 Å². The molecule has 3 heteroatoms. The number of fused-ring (bicyclic) bond motifs is 1. The molecule has 0 aliphatic heterocycles. The van der Waals surface area contributed by atoms with Gasteiger partial charge in [-0.1, -0.05) is 24.3 Å². The minimum atomic E-state index is -0.282. The molecule has 100 valence electrons. The lowest BCUT2D eigenvalue weighted by molar-refractivity contribution is 0.0526. The Morgan fingerprint density at radius 1 is 1.10 bits per heavy atom. The number of ether oxygens (including phenoxy) is 1. The SMILES string of the molecule is CCOC(=O)c1cccc(-c2ccc3cc[nH]c3c2)c1. The Morgan fingerprint density at radius 3 is 2.80 bits per heavy atom. The topological polar surface area (TPSA) is 42.1 Å². The molecule has 0 saturated heterocycles. The van der Waals surface area contributed by atoms with Crippen LogP contribution >= 0.6 is 0 Å². The van der Waals surface area contributed by atoms with Gasteiger partial charge >= 0.3 is 5.97 Å². The molecule has 1 heterocycles. The Balaban J connectivity index is 2.00. The van der Waals surface area contributed by atoms with E-state index in [9.17, 15) is 4.79 Å². The lowest BCUT2D eigenvalue weighted by Crippen LogP contribution is -2.04. The van der Waals surface area contributed by atoms with Crippen molar-refractivity contribution in [3.05, 3.63) is 60.3 Å². The van der Waals surface area contributed by atoms with E-state index in [-0.39, 0.29) is 5.97 Å². The lowest BCUT2D eigenvalue weighted by Gasteiger charge is -2.06. The maximum Gasteiger partial charge on any atom is 0.338 e. The molecule has 0 spiro atoms. The van der Waals surface area contributed by atoms with Gasteiger partial charge in [0, 0.05) is 11.7 Å². The molecular weight excluding hydrogens is 250 g/mol. The largest absolute Gasteiger partial charge is 0.462 e. The number of esters is 1. The minimum absolute atomic E-state index is 0.282. The van der Waals surface area contributed by atoms with E-state index < -0.39 is 0 Å². The molecule has 0 amide bonds. The highest BCUT2D eigenvalue weighted by molar-refractivity contribution is 5.92. The molecule has 3 rings (SSSR count). The predicted octanol–water partition coefficient (Wildman–Crippen LogP) is 4.01. The Kier molecular flexibility index (Phi) is 3.25. The number of rotatable bonds is 3. The number of hydrogen-bond acceptors (Lipinski definition) is 2. The maximum absolute atomic E-state index is 11.8. The van der Waals surface area contributed by atoms with Gasteiger partial charge in [0.05, 0.1) is 12.2 Å². The normalized spacial score (nSPS) is 10.7. The van der Waals surface area contributed by atoms with Gasteiger partial charge in [-0.2, -0.15) is 0 Å². The number of H-pyrrole nitrogens is 1. The summed E-state index contributed by atoms with van der Waals surface area (Å²) in [5, 5.41) is 1.18. The smallest absolute Gasteiger partial charge is 0.338 e. The zero-order chi connectivity index (χ0) is 13.9. The first kappa shape index (κ1) is 12.5. The van der Waals surface area contributed by atoms with Crippen LogP contribution in [-0.4, -0.2) is 17.6 Å². The van der Waals surface area contributed by atoms with E-state index in [1.54, 1.807) is 13.0 Å². The number of benzene rings is 2. The number of carbonyl (C=O) groups excluding carboxylic acids is 1. The van der Waals surface area contributed by atoms with Gasteiger partial charge in [0.15, 0.2) is 0 Å². The molecule has 3 aromatic rings. The highest BCUT2D eigenvalue weighted by Crippen LogP contribution is 2.24. The number of nitrogens with one attached hydrogen (secondary N) is 1. The van der Waals surface area contributed by atoms with Gasteiger partial charge in [-0.25, -0.2) is 4.79 Å². The fraction of sp³-hybridized carbons (Fsp3) is 0.118. The van der Waals surface area contributed by atoms with Crippen LogP contribution in [0.1, 0.15) is 17.3 Å². The molecule has 1 aromatic heterocycles. The van der Waals surface area contributed by atoms with Crippen molar-refractivity contribution >= 4 is 16.9 Å². The standard InChI is InChI=1S/C17H15NO2/c1-2-20-17(19)15-5-3-4-13(10-15)14-7-6-12-8-9-18-16(12)11-14/h3-11,18H,2H2,1H3. The van der Waals surface area contributed by atoms with Gasteiger partial charge < -0.3 is 9.72 Å². The van der Waals surface area contributed by atoms with Crippen LogP contribution in [0, 0.1) is 0 Å². The van der Waals surface area contributed by atoms with Crippen LogP contribution in [0.4, 0.5) is 0 Å². The second kappa shape index (κ2) is 5.21. The summed E-state index contributed by atoms with van der Waals surface area (Å²) in [5.74, 6) is -0.282. The summed E-state index contributed by atoms with van der Waals surface area (Å²) < 4.78 is 5.03. The van der Waals surface area contributed by atoms with Crippen molar-refractivity contribution in [1.82, 2.24) is 4.98 Å². The van der Waals surface area contributed by atoms with Crippen LogP contribution < -0.4 is 0 Å². The lowest BCUT2D eigenvalue weighted by atomic mass is 10.0. The van der Waals surface area contributed by atoms with Crippen molar-refractivity contribution in [2.45, 2.75) is 6.92 Å². The molecule has 1 N–H and O–H groups in total. The van der Waals surface area contributed by atoms with E-state index in [4.69, 9.17) is 4.74 Å². The highest BCUT2D eigenvalue weighted by atomic mass is 16.5. The van der Waals surface area contributed by atoms with Crippen LogP contribution in [0.5, 0.6) is 0 Å². The second-order valence-electron chi connectivity index (χ2n) is 4.58. The monoisotopic (exact) mass is 265 g/mol. The second-order valence-corrected chi connectivity index (χ2v) is 4.58. The number of aromatic amines is 1. The van der Waals surface area contributed by atoms with E-state index >= 15 is 0 Å². The molecule has 0 unspecified atom stereocenters. The molecule has 2 aromatic carbocycles. The van der Waals surface area contributed by atoms with Crippen LogP contribution in [0.2, 0.25) is 0 Å². The average molecular weight is 265 g/mol. The Labute approximate surface area is 117 Å². The summed E-state index contributed by atoms with van der Waals surface area (Å²) in [4.78, 5) is 15.0. The van der Waals surface area contributed by atoms with Crippen LogP contribution in [0.15, 0.2) is 54.7 Å². The zero-order valence-corrected chi connectivity index (χ0v) is 11.2. The van der Waals surface area contributed by atoms with Gasteiger partial charge in [0.1, 0.15) is 0 Å². The summed E-state index contributed by atoms with van der Waals surface area (Å²) in [5.41, 5.74) is 3.75. The molecular formula is C17H15NO2. The summed E-state index contributed by atoms with van der Waals surface area (Å²) in [7, 11) is 0.